The van der Waals surface area contributed by atoms with Crippen molar-refractivity contribution in [1.29, 1.82) is 0 Å². The predicted molar refractivity (Wildman–Crippen MR) is 60.5 cm³/mol. The summed E-state index contributed by atoms with van der Waals surface area (Å²) >= 11 is 0. The zero-order chi connectivity index (χ0) is 11.8. The molecule has 84 valence electrons. The number of benzene rings is 1. The van der Waals surface area contributed by atoms with Gasteiger partial charge in [0.05, 0.1) is 18.6 Å². The van der Waals surface area contributed by atoms with E-state index in [1.54, 1.807) is 32.2 Å². The van der Waals surface area contributed by atoms with Gasteiger partial charge >= 0.3 is 0 Å². The van der Waals surface area contributed by atoms with Crippen molar-refractivity contribution in [1.82, 2.24) is 0 Å². The lowest BCUT2D eigenvalue weighted by molar-refractivity contribution is -0.118. The molecular weight excluding hydrogens is 204 g/mol. The first-order valence-corrected chi connectivity index (χ1v) is 5.14. The van der Waals surface area contributed by atoms with E-state index in [0.29, 0.717) is 0 Å². The molecule has 0 radical (unpaired) electrons. The van der Waals surface area contributed by atoms with Gasteiger partial charge in [0.25, 0.3) is 0 Å². The van der Waals surface area contributed by atoms with E-state index in [2.05, 4.69) is 0 Å². The number of carbonyl (C=O) groups excluding carboxylic acids is 1. The Balaban J connectivity index is 2.33. The van der Waals surface area contributed by atoms with Crippen LogP contribution >= 0.6 is 0 Å². The van der Waals surface area contributed by atoms with Crippen molar-refractivity contribution in [3.05, 3.63) is 42.0 Å². The van der Waals surface area contributed by atoms with Gasteiger partial charge in [-0.3, -0.25) is 4.79 Å². The normalized spacial score (nSPS) is 28.4. The minimum Gasteiger partial charge on any atom is -0.497 e. The molecule has 0 unspecified atom stereocenters. The topological polar surface area (TPSA) is 46.5 Å². The summed E-state index contributed by atoms with van der Waals surface area (Å²) < 4.78 is 5.05. The molecule has 2 rings (SSSR count). The van der Waals surface area contributed by atoms with Crippen molar-refractivity contribution < 1.29 is 14.6 Å². The Morgan fingerprint density at radius 3 is 2.38 bits per heavy atom. The molecule has 1 aliphatic rings. The molecule has 2 atom stereocenters. The zero-order valence-electron chi connectivity index (χ0n) is 9.31. The Labute approximate surface area is 94.4 Å². The molecule has 0 amide bonds. The van der Waals surface area contributed by atoms with E-state index >= 15 is 0 Å². The van der Waals surface area contributed by atoms with Gasteiger partial charge in [0, 0.05) is 0 Å². The Morgan fingerprint density at radius 1 is 1.31 bits per heavy atom. The Bertz CT molecular complexity index is 429. The number of carbonyl (C=O) groups is 1. The lowest BCUT2D eigenvalue weighted by Crippen LogP contribution is -2.30. The van der Waals surface area contributed by atoms with Gasteiger partial charge in [0.1, 0.15) is 5.75 Å². The van der Waals surface area contributed by atoms with Crippen LogP contribution in [0.5, 0.6) is 5.75 Å². The number of ketones is 1. The highest BCUT2D eigenvalue weighted by molar-refractivity contribution is 5.99. The molecule has 0 fully saturated rings. The molecule has 3 heteroatoms. The second-order valence-corrected chi connectivity index (χ2v) is 4.17. The highest BCUT2D eigenvalue weighted by atomic mass is 16.5. The van der Waals surface area contributed by atoms with Gasteiger partial charge in [-0.05, 0) is 36.8 Å². The van der Waals surface area contributed by atoms with E-state index in [-0.39, 0.29) is 5.78 Å². The molecule has 0 aromatic heterocycles. The van der Waals surface area contributed by atoms with E-state index in [0.717, 1.165) is 11.3 Å². The fourth-order valence-corrected chi connectivity index (χ4v) is 2.03. The van der Waals surface area contributed by atoms with Gasteiger partial charge < -0.3 is 9.84 Å². The molecule has 0 bridgehead atoms. The Morgan fingerprint density at radius 2 is 1.94 bits per heavy atom. The van der Waals surface area contributed by atoms with Crippen LogP contribution in [0.1, 0.15) is 18.4 Å². The number of methoxy groups -OCH3 is 1. The van der Waals surface area contributed by atoms with Crippen LogP contribution in [0.4, 0.5) is 0 Å². The third-order valence-corrected chi connectivity index (χ3v) is 2.90. The van der Waals surface area contributed by atoms with Crippen LogP contribution in [-0.2, 0) is 4.79 Å². The third-order valence-electron chi connectivity index (χ3n) is 2.90. The standard InChI is InChI=1S/C13H14O3/c1-13(15)8-7-11(14)12(13)9-3-5-10(16-2)6-4-9/h3-8,12,15H,1-2H3/t12-,13-/m1/s1. The number of aliphatic hydroxyl groups is 1. The maximum atomic E-state index is 11.7. The maximum Gasteiger partial charge on any atom is 0.166 e. The number of hydrogen-bond acceptors (Lipinski definition) is 3. The van der Waals surface area contributed by atoms with Crippen LogP contribution < -0.4 is 4.74 Å². The molecule has 1 aliphatic carbocycles. The molecule has 0 spiro atoms. The van der Waals surface area contributed by atoms with Gasteiger partial charge in [0.15, 0.2) is 5.78 Å². The summed E-state index contributed by atoms with van der Waals surface area (Å²) in [6.45, 7) is 1.64. The average Bonchev–Trinajstić information content (AvgIpc) is 2.53. The third kappa shape index (κ3) is 1.74. The first-order chi connectivity index (χ1) is 7.54. The van der Waals surface area contributed by atoms with Gasteiger partial charge in [0.2, 0.25) is 0 Å². The molecular formula is C13H14O3. The Hall–Kier alpha value is -1.61. The first kappa shape index (κ1) is 10.9. The van der Waals surface area contributed by atoms with Crippen molar-refractivity contribution in [2.45, 2.75) is 18.4 Å². The number of allylic oxidation sites excluding steroid dienone is 1. The second kappa shape index (κ2) is 3.76. The van der Waals surface area contributed by atoms with E-state index < -0.39 is 11.5 Å². The highest BCUT2D eigenvalue weighted by Crippen LogP contribution is 2.35. The fourth-order valence-electron chi connectivity index (χ4n) is 2.03. The van der Waals surface area contributed by atoms with E-state index in [1.807, 2.05) is 12.1 Å². The summed E-state index contributed by atoms with van der Waals surface area (Å²) in [6, 6.07) is 7.19. The largest absolute Gasteiger partial charge is 0.497 e. The van der Waals surface area contributed by atoms with Crippen LogP contribution in [-0.4, -0.2) is 23.6 Å². The maximum absolute atomic E-state index is 11.7. The molecule has 0 saturated carbocycles. The molecule has 1 aromatic carbocycles. The summed E-state index contributed by atoms with van der Waals surface area (Å²) in [7, 11) is 1.59. The molecule has 16 heavy (non-hydrogen) atoms. The minimum atomic E-state index is -1.09. The van der Waals surface area contributed by atoms with E-state index in [1.165, 1.54) is 6.08 Å². The lowest BCUT2D eigenvalue weighted by Gasteiger charge is -2.23. The molecule has 1 aromatic rings. The van der Waals surface area contributed by atoms with Crippen molar-refractivity contribution in [3.8, 4) is 5.75 Å². The minimum absolute atomic E-state index is 0.0600. The van der Waals surface area contributed by atoms with Crippen LogP contribution in [0.15, 0.2) is 36.4 Å². The van der Waals surface area contributed by atoms with E-state index in [4.69, 9.17) is 4.74 Å². The number of rotatable bonds is 2. The predicted octanol–water partition coefficient (Wildman–Crippen LogP) is 1.67. The smallest absolute Gasteiger partial charge is 0.166 e. The fraction of sp³-hybridized carbons (Fsp3) is 0.308. The quantitative estimate of drug-likeness (QED) is 0.821. The van der Waals surface area contributed by atoms with Gasteiger partial charge in [-0.2, -0.15) is 0 Å². The zero-order valence-corrected chi connectivity index (χ0v) is 9.31. The number of hydrogen-bond donors (Lipinski definition) is 1. The van der Waals surface area contributed by atoms with Crippen LogP contribution in [0.25, 0.3) is 0 Å². The first-order valence-electron chi connectivity index (χ1n) is 5.14. The van der Waals surface area contributed by atoms with E-state index in [9.17, 15) is 9.90 Å². The second-order valence-electron chi connectivity index (χ2n) is 4.17. The van der Waals surface area contributed by atoms with Crippen LogP contribution in [0.2, 0.25) is 0 Å². The van der Waals surface area contributed by atoms with Crippen LogP contribution in [0.3, 0.4) is 0 Å². The lowest BCUT2D eigenvalue weighted by atomic mass is 9.85. The molecule has 0 aliphatic heterocycles. The van der Waals surface area contributed by atoms with Crippen molar-refractivity contribution in [2.24, 2.45) is 0 Å². The van der Waals surface area contributed by atoms with Gasteiger partial charge in [-0.15, -0.1) is 0 Å². The average molecular weight is 218 g/mol. The van der Waals surface area contributed by atoms with Crippen molar-refractivity contribution >= 4 is 5.78 Å². The van der Waals surface area contributed by atoms with Crippen LogP contribution in [0, 0.1) is 0 Å². The summed E-state index contributed by atoms with van der Waals surface area (Å²) in [6.07, 6.45) is 2.99. The monoisotopic (exact) mass is 218 g/mol. The summed E-state index contributed by atoms with van der Waals surface area (Å²) in [4.78, 5) is 11.7. The van der Waals surface area contributed by atoms with Gasteiger partial charge in [-0.1, -0.05) is 12.1 Å². The summed E-state index contributed by atoms with van der Waals surface area (Å²) in [5.74, 6) is 0.176. The van der Waals surface area contributed by atoms with Gasteiger partial charge in [-0.25, -0.2) is 0 Å². The summed E-state index contributed by atoms with van der Waals surface area (Å²) in [5.41, 5.74) is -0.285. The SMILES string of the molecule is COc1ccc([C@@H]2C(=O)C=C[C@@]2(C)O)cc1. The Kier molecular flexibility index (Phi) is 2.56. The van der Waals surface area contributed by atoms with Crippen molar-refractivity contribution in [2.75, 3.05) is 7.11 Å². The van der Waals surface area contributed by atoms with Crippen molar-refractivity contribution in [3.63, 3.8) is 0 Å². The highest BCUT2D eigenvalue weighted by Gasteiger charge is 2.39. The number of ether oxygens (including phenoxy) is 1. The molecule has 1 N–H and O–H groups in total. The molecule has 0 heterocycles. The summed E-state index contributed by atoms with van der Waals surface area (Å²) in [5, 5.41) is 10.1. The molecule has 0 saturated heterocycles. The molecule has 3 nitrogen and oxygen atoms in total.